The van der Waals surface area contributed by atoms with Crippen LogP contribution in [0.3, 0.4) is 0 Å². The van der Waals surface area contributed by atoms with Crippen LogP contribution in [0.4, 0.5) is 0 Å². The normalized spacial score (nSPS) is 23.8. The molecule has 2 heterocycles. The second-order valence-corrected chi connectivity index (χ2v) is 7.61. The SMILES string of the molecule is Cl.O=C(NCC1(c2ccc3c(c2)OCCO3)CCCC1)C1CCCNC1. The number of nitrogens with one attached hydrogen (secondary N) is 2. The van der Waals surface area contributed by atoms with Crippen molar-refractivity contribution >= 4 is 18.3 Å². The topological polar surface area (TPSA) is 59.6 Å². The minimum Gasteiger partial charge on any atom is -0.486 e. The van der Waals surface area contributed by atoms with E-state index in [-0.39, 0.29) is 29.6 Å². The number of piperidine rings is 1. The first-order valence-electron chi connectivity index (χ1n) is 9.65. The third kappa shape index (κ3) is 3.94. The number of amides is 1. The molecule has 26 heavy (non-hydrogen) atoms. The fourth-order valence-electron chi connectivity index (χ4n) is 4.47. The van der Waals surface area contributed by atoms with Crippen molar-refractivity contribution in [3.05, 3.63) is 23.8 Å². The highest BCUT2D eigenvalue weighted by Gasteiger charge is 2.37. The number of halogens is 1. The van der Waals surface area contributed by atoms with Crippen LogP contribution in [0.25, 0.3) is 0 Å². The Balaban J connectivity index is 0.00000196. The molecule has 1 aliphatic carbocycles. The first kappa shape index (κ1) is 19.3. The lowest BCUT2D eigenvalue weighted by atomic mass is 9.78. The van der Waals surface area contributed by atoms with E-state index in [0.29, 0.717) is 13.2 Å². The molecule has 1 amide bonds. The van der Waals surface area contributed by atoms with Crippen LogP contribution in [-0.4, -0.2) is 38.8 Å². The van der Waals surface area contributed by atoms with Crippen molar-refractivity contribution in [3.8, 4) is 11.5 Å². The van der Waals surface area contributed by atoms with Gasteiger partial charge in [-0.3, -0.25) is 4.79 Å². The molecule has 2 fully saturated rings. The number of rotatable bonds is 4. The van der Waals surface area contributed by atoms with Crippen molar-refractivity contribution < 1.29 is 14.3 Å². The lowest BCUT2D eigenvalue weighted by molar-refractivity contribution is -0.125. The number of benzene rings is 1. The van der Waals surface area contributed by atoms with Crippen LogP contribution < -0.4 is 20.1 Å². The van der Waals surface area contributed by atoms with Gasteiger partial charge in [0.2, 0.25) is 5.91 Å². The number of carbonyl (C=O) groups excluding carboxylic acids is 1. The minimum absolute atomic E-state index is 0. The van der Waals surface area contributed by atoms with Crippen molar-refractivity contribution in [1.82, 2.24) is 10.6 Å². The number of hydrogen-bond donors (Lipinski definition) is 2. The Morgan fingerprint density at radius 1 is 1.15 bits per heavy atom. The fraction of sp³-hybridized carbons (Fsp3) is 0.650. The van der Waals surface area contributed by atoms with Gasteiger partial charge in [0.25, 0.3) is 0 Å². The summed E-state index contributed by atoms with van der Waals surface area (Å²) in [6.07, 6.45) is 6.76. The molecule has 2 N–H and O–H groups in total. The summed E-state index contributed by atoms with van der Waals surface area (Å²) in [6.45, 7) is 3.79. The van der Waals surface area contributed by atoms with E-state index in [4.69, 9.17) is 9.47 Å². The smallest absolute Gasteiger partial charge is 0.224 e. The molecule has 0 bridgehead atoms. The maximum atomic E-state index is 12.6. The van der Waals surface area contributed by atoms with Gasteiger partial charge < -0.3 is 20.1 Å². The van der Waals surface area contributed by atoms with Crippen LogP contribution in [-0.2, 0) is 10.2 Å². The van der Waals surface area contributed by atoms with Gasteiger partial charge in [0.15, 0.2) is 11.5 Å². The Morgan fingerprint density at radius 2 is 1.92 bits per heavy atom. The van der Waals surface area contributed by atoms with Crippen molar-refractivity contribution in [2.45, 2.75) is 43.9 Å². The largest absolute Gasteiger partial charge is 0.486 e. The highest BCUT2D eigenvalue weighted by atomic mass is 35.5. The quantitative estimate of drug-likeness (QED) is 0.843. The molecule has 1 atom stereocenters. The first-order valence-corrected chi connectivity index (χ1v) is 9.65. The summed E-state index contributed by atoms with van der Waals surface area (Å²) < 4.78 is 11.4. The predicted octanol–water partition coefficient (Wildman–Crippen LogP) is 2.81. The first-order chi connectivity index (χ1) is 12.3. The monoisotopic (exact) mass is 380 g/mol. The van der Waals surface area contributed by atoms with Crippen molar-refractivity contribution in [2.75, 3.05) is 32.8 Å². The highest BCUT2D eigenvalue weighted by molar-refractivity contribution is 5.85. The van der Waals surface area contributed by atoms with E-state index >= 15 is 0 Å². The van der Waals surface area contributed by atoms with E-state index in [1.807, 2.05) is 6.07 Å². The molecule has 1 aromatic carbocycles. The molecule has 1 aromatic rings. The molecule has 6 heteroatoms. The summed E-state index contributed by atoms with van der Waals surface area (Å²) >= 11 is 0. The molecular weight excluding hydrogens is 352 g/mol. The van der Waals surface area contributed by atoms with Gasteiger partial charge in [-0.1, -0.05) is 18.9 Å². The lowest BCUT2D eigenvalue weighted by Gasteiger charge is -2.32. The molecule has 1 saturated heterocycles. The summed E-state index contributed by atoms with van der Waals surface area (Å²) in [6, 6.07) is 6.32. The maximum Gasteiger partial charge on any atom is 0.224 e. The molecule has 144 valence electrons. The maximum absolute atomic E-state index is 12.6. The van der Waals surface area contributed by atoms with E-state index in [2.05, 4.69) is 22.8 Å². The number of hydrogen-bond acceptors (Lipinski definition) is 4. The molecule has 1 unspecified atom stereocenters. The van der Waals surface area contributed by atoms with Gasteiger partial charge in [-0.15, -0.1) is 12.4 Å². The van der Waals surface area contributed by atoms with E-state index in [1.54, 1.807) is 0 Å². The molecule has 2 aliphatic heterocycles. The second-order valence-electron chi connectivity index (χ2n) is 7.61. The van der Waals surface area contributed by atoms with Gasteiger partial charge >= 0.3 is 0 Å². The summed E-state index contributed by atoms with van der Waals surface area (Å²) in [7, 11) is 0. The van der Waals surface area contributed by atoms with E-state index in [0.717, 1.165) is 56.8 Å². The summed E-state index contributed by atoms with van der Waals surface area (Å²) in [5.74, 6) is 2.00. The molecular formula is C20H29ClN2O3. The van der Waals surface area contributed by atoms with Crippen LogP contribution in [0.1, 0.15) is 44.1 Å². The van der Waals surface area contributed by atoms with Crippen molar-refractivity contribution in [3.63, 3.8) is 0 Å². The third-order valence-corrected chi connectivity index (χ3v) is 5.98. The molecule has 1 saturated carbocycles. The summed E-state index contributed by atoms with van der Waals surface area (Å²) in [5.41, 5.74) is 1.31. The van der Waals surface area contributed by atoms with Gasteiger partial charge in [0, 0.05) is 18.5 Å². The van der Waals surface area contributed by atoms with E-state index in [1.165, 1.54) is 18.4 Å². The molecule has 3 aliphatic rings. The summed E-state index contributed by atoms with van der Waals surface area (Å²) in [4.78, 5) is 12.6. The average Bonchev–Trinajstić information content (AvgIpc) is 3.16. The zero-order valence-electron chi connectivity index (χ0n) is 15.2. The van der Waals surface area contributed by atoms with Gasteiger partial charge in [0.05, 0.1) is 5.92 Å². The Labute approximate surface area is 161 Å². The zero-order valence-corrected chi connectivity index (χ0v) is 16.0. The Bertz CT molecular complexity index is 625. The van der Waals surface area contributed by atoms with Gasteiger partial charge in [-0.2, -0.15) is 0 Å². The zero-order chi connectivity index (χ0) is 17.1. The van der Waals surface area contributed by atoms with Crippen LogP contribution in [0, 0.1) is 5.92 Å². The standard InChI is InChI=1S/C20H28N2O3.ClH/c23-19(15-4-3-9-21-13-15)22-14-20(7-1-2-8-20)16-5-6-17-18(12-16)25-11-10-24-17;/h5-6,12,15,21H,1-4,7-11,13-14H2,(H,22,23);1H. The van der Waals surface area contributed by atoms with Gasteiger partial charge in [-0.25, -0.2) is 0 Å². The number of carbonyl (C=O) groups is 1. The lowest BCUT2D eigenvalue weighted by Crippen LogP contribution is -2.45. The highest BCUT2D eigenvalue weighted by Crippen LogP contribution is 2.43. The van der Waals surface area contributed by atoms with E-state index < -0.39 is 0 Å². The third-order valence-electron chi connectivity index (χ3n) is 5.98. The second kappa shape index (κ2) is 8.49. The summed E-state index contributed by atoms with van der Waals surface area (Å²) in [5, 5.41) is 6.59. The van der Waals surface area contributed by atoms with Crippen LogP contribution in [0.2, 0.25) is 0 Å². The van der Waals surface area contributed by atoms with Crippen LogP contribution in [0.15, 0.2) is 18.2 Å². The van der Waals surface area contributed by atoms with Crippen molar-refractivity contribution in [1.29, 1.82) is 0 Å². The van der Waals surface area contributed by atoms with Gasteiger partial charge in [0.1, 0.15) is 13.2 Å². The molecule has 0 aromatic heterocycles. The molecule has 0 spiro atoms. The van der Waals surface area contributed by atoms with Gasteiger partial charge in [-0.05, 0) is 49.9 Å². The predicted molar refractivity (Wildman–Crippen MR) is 103 cm³/mol. The molecule has 4 rings (SSSR count). The van der Waals surface area contributed by atoms with Crippen molar-refractivity contribution in [2.24, 2.45) is 5.92 Å². The fourth-order valence-corrected chi connectivity index (χ4v) is 4.47. The molecule has 0 radical (unpaired) electrons. The number of fused-ring (bicyclic) bond motifs is 1. The molecule has 5 nitrogen and oxygen atoms in total. The average molecular weight is 381 g/mol. The number of ether oxygens (including phenoxy) is 2. The van der Waals surface area contributed by atoms with E-state index in [9.17, 15) is 4.79 Å². The Kier molecular flexibility index (Phi) is 6.30. The Morgan fingerprint density at radius 3 is 2.65 bits per heavy atom. The minimum atomic E-state index is 0. The Hall–Kier alpha value is -1.46. The van der Waals surface area contributed by atoms with Crippen LogP contribution >= 0.6 is 12.4 Å². The van der Waals surface area contributed by atoms with Crippen LogP contribution in [0.5, 0.6) is 11.5 Å².